The van der Waals surface area contributed by atoms with Crippen LogP contribution in [-0.2, 0) is 0 Å². The van der Waals surface area contributed by atoms with Crippen molar-refractivity contribution < 1.29 is 14.3 Å². The summed E-state index contributed by atoms with van der Waals surface area (Å²) in [5, 5.41) is 12.0. The Bertz CT molecular complexity index is 593. The van der Waals surface area contributed by atoms with Gasteiger partial charge in [0.25, 0.3) is 5.91 Å². The maximum absolute atomic E-state index is 12.2. The molecule has 2 aromatic rings. The molecule has 104 valence electrons. The SMILES string of the molecule is O=C(NC(CO)c1ccco1)c1ccnc(C2CC2)n1. The van der Waals surface area contributed by atoms with Gasteiger partial charge in [0, 0.05) is 12.1 Å². The van der Waals surface area contributed by atoms with Crippen LogP contribution in [0.15, 0.2) is 35.1 Å². The van der Waals surface area contributed by atoms with E-state index < -0.39 is 6.04 Å². The van der Waals surface area contributed by atoms with Gasteiger partial charge in [0.1, 0.15) is 23.3 Å². The molecule has 0 saturated heterocycles. The Labute approximate surface area is 115 Å². The number of furan rings is 1. The van der Waals surface area contributed by atoms with Crippen LogP contribution >= 0.6 is 0 Å². The second kappa shape index (κ2) is 5.42. The third-order valence-corrected chi connectivity index (χ3v) is 3.22. The molecule has 1 aliphatic rings. The molecular weight excluding hydrogens is 258 g/mol. The van der Waals surface area contributed by atoms with E-state index in [0.717, 1.165) is 18.7 Å². The van der Waals surface area contributed by atoms with Crippen LogP contribution in [-0.4, -0.2) is 27.6 Å². The Hall–Kier alpha value is -2.21. The normalized spacial score (nSPS) is 15.8. The molecule has 1 saturated carbocycles. The summed E-state index contributed by atoms with van der Waals surface area (Å²) in [4.78, 5) is 20.6. The van der Waals surface area contributed by atoms with Gasteiger partial charge in [-0.3, -0.25) is 4.79 Å². The lowest BCUT2D eigenvalue weighted by molar-refractivity contribution is 0.0902. The standard InChI is InChI=1S/C14H15N3O3/c18-8-11(12-2-1-7-20-12)17-14(19)10-5-6-15-13(16-10)9-3-4-9/h1-2,5-7,9,11,18H,3-4,8H2,(H,17,19). The maximum Gasteiger partial charge on any atom is 0.270 e. The van der Waals surface area contributed by atoms with Crippen LogP contribution in [0.4, 0.5) is 0 Å². The van der Waals surface area contributed by atoms with Gasteiger partial charge in [-0.15, -0.1) is 0 Å². The van der Waals surface area contributed by atoms with Gasteiger partial charge in [-0.05, 0) is 31.0 Å². The zero-order valence-electron chi connectivity index (χ0n) is 10.8. The first-order chi connectivity index (χ1) is 9.78. The summed E-state index contributed by atoms with van der Waals surface area (Å²) in [7, 11) is 0. The van der Waals surface area contributed by atoms with Crippen LogP contribution in [0.25, 0.3) is 0 Å². The molecule has 1 amide bonds. The average molecular weight is 273 g/mol. The summed E-state index contributed by atoms with van der Waals surface area (Å²) < 4.78 is 5.19. The van der Waals surface area contributed by atoms with Gasteiger partial charge < -0.3 is 14.8 Å². The molecule has 20 heavy (non-hydrogen) atoms. The predicted octanol–water partition coefficient (Wildman–Crippen LogP) is 1.41. The van der Waals surface area contributed by atoms with Gasteiger partial charge in [0.05, 0.1) is 12.9 Å². The van der Waals surface area contributed by atoms with Crippen molar-refractivity contribution >= 4 is 5.91 Å². The summed E-state index contributed by atoms with van der Waals surface area (Å²) >= 11 is 0. The highest BCUT2D eigenvalue weighted by atomic mass is 16.3. The molecule has 6 heteroatoms. The molecule has 1 atom stereocenters. The molecule has 0 spiro atoms. The molecule has 0 aliphatic heterocycles. The molecule has 3 rings (SSSR count). The van der Waals surface area contributed by atoms with E-state index in [1.807, 2.05) is 0 Å². The van der Waals surface area contributed by atoms with E-state index in [1.165, 1.54) is 6.26 Å². The Morgan fingerprint density at radius 3 is 3.00 bits per heavy atom. The first kappa shape index (κ1) is 12.8. The number of aliphatic hydroxyl groups is 1. The fraction of sp³-hybridized carbons (Fsp3) is 0.357. The third kappa shape index (κ3) is 2.70. The Morgan fingerprint density at radius 2 is 2.35 bits per heavy atom. The number of rotatable bonds is 5. The Kier molecular flexibility index (Phi) is 3.47. The molecule has 0 bridgehead atoms. The predicted molar refractivity (Wildman–Crippen MR) is 70.0 cm³/mol. The Balaban J connectivity index is 1.73. The number of aromatic nitrogens is 2. The van der Waals surface area contributed by atoms with Crippen LogP contribution in [0.5, 0.6) is 0 Å². The molecule has 1 unspecified atom stereocenters. The lowest BCUT2D eigenvalue weighted by Gasteiger charge is -2.13. The van der Waals surface area contributed by atoms with Crippen LogP contribution < -0.4 is 5.32 Å². The van der Waals surface area contributed by atoms with Crippen molar-refractivity contribution in [3.63, 3.8) is 0 Å². The van der Waals surface area contributed by atoms with E-state index in [1.54, 1.807) is 24.4 Å². The van der Waals surface area contributed by atoms with Gasteiger partial charge in [0.15, 0.2) is 0 Å². The van der Waals surface area contributed by atoms with E-state index in [0.29, 0.717) is 17.4 Å². The molecule has 1 aliphatic carbocycles. The molecule has 2 aromatic heterocycles. The van der Waals surface area contributed by atoms with E-state index in [9.17, 15) is 9.90 Å². The van der Waals surface area contributed by atoms with E-state index in [4.69, 9.17) is 4.42 Å². The first-order valence-corrected chi connectivity index (χ1v) is 6.56. The van der Waals surface area contributed by atoms with Crippen molar-refractivity contribution in [1.82, 2.24) is 15.3 Å². The molecular formula is C14H15N3O3. The molecule has 2 heterocycles. The summed E-state index contributed by atoms with van der Waals surface area (Å²) in [6.45, 7) is -0.236. The quantitative estimate of drug-likeness (QED) is 0.860. The van der Waals surface area contributed by atoms with E-state index in [2.05, 4.69) is 15.3 Å². The highest BCUT2D eigenvalue weighted by molar-refractivity contribution is 5.92. The highest BCUT2D eigenvalue weighted by Gasteiger charge is 2.27. The minimum absolute atomic E-state index is 0.236. The molecule has 0 aromatic carbocycles. The minimum atomic E-state index is -0.572. The monoisotopic (exact) mass is 273 g/mol. The number of hydrogen-bond donors (Lipinski definition) is 2. The average Bonchev–Trinajstić information content (AvgIpc) is 3.20. The van der Waals surface area contributed by atoms with Crippen LogP contribution in [0.2, 0.25) is 0 Å². The fourth-order valence-electron chi connectivity index (χ4n) is 1.97. The van der Waals surface area contributed by atoms with Crippen molar-refractivity contribution in [1.29, 1.82) is 0 Å². The number of nitrogens with zero attached hydrogens (tertiary/aromatic N) is 2. The zero-order valence-corrected chi connectivity index (χ0v) is 10.8. The highest BCUT2D eigenvalue weighted by Crippen LogP contribution is 2.37. The number of carbonyl (C=O) groups is 1. The van der Waals surface area contributed by atoms with Gasteiger partial charge in [-0.1, -0.05) is 0 Å². The summed E-state index contributed by atoms with van der Waals surface area (Å²) in [6.07, 6.45) is 5.25. The van der Waals surface area contributed by atoms with Crippen LogP contribution in [0.1, 0.15) is 46.9 Å². The number of hydrogen-bond acceptors (Lipinski definition) is 5. The molecule has 2 N–H and O–H groups in total. The molecule has 0 radical (unpaired) electrons. The largest absolute Gasteiger partial charge is 0.467 e. The fourth-order valence-corrected chi connectivity index (χ4v) is 1.97. The van der Waals surface area contributed by atoms with E-state index >= 15 is 0 Å². The smallest absolute Gasteiger partial charge is 0.270 e. The minimum Gasteiger partial charge on any atom is -0.467 e. The van der Waals surface area contributed by atoms with Crippen molar-refractivity contribution in [3.05, 3.63) is 47.9 Å². The van der Waals surface area contributed by atoms with Crippen molar-refractivity contribution in [2.75, 3.05) is 6.61 Å². The summed E-state index contributed by atoms with van der Waals surface area (Å²) in [5.41, 5.74) is 0.312. The number of nitrogens with one attached hydrogen (secondary N) is 1. The third-order valence-electron chi connectivity index (χ3n) is 3.22. The van der Waals surface area contributed by atoms with Crippen LogP contribution in [0, 0.1) is 0 Å². The summed E-state index contributed by atoms with van der Waals surface area (Å²) in [6, 6.07) is 4.41. The van der Waals surface area contributed by atoms with Crippen molar-refractivity contribution in [3.8, 4) is 0 Å². The van der Waals surface area contributed by atoms with Gasteiger partial charge >= 0.3 is 0 Å². The van der Waals surface area contributed by atoms with Gasteiger partial charge in [0.2, 0.25) is 0 Å². The van der Waals surface area contributed by atoms with Crippen LogP contribution in [0.3, 0.4) is 0 Å². The zero-order chi connectivity index (χ0) is 13.9. The van der Waals surface area contributed by atoms with Crippen molar-refractivity contribution in [2.45, 2.75) is 24.8 Å². The lowest BCUT2D eigenvalue weighted by atomic mass is 10.2. The lowest BCUT2D eigenvalue weighted by Crippen LogP contribution is -2.31. The maximum atomic E-state index is 12.2. The van der Waals surface area contributed by atoms with Crippen molar-refractivity contribution in [2.24, 2.45) is 0 Å². The van der Waals surface area contributed by atoms with E-state index in [-0.39, 0.29) is 12.5 Å². The van der Waals surface area contributed by atoms with Gasteiger partial charge in [-0.2, -0.15) is 0 Å². The Morgan fingerprint density at radius 1 is 1.50 bits per heavy atom. The molecule has 6 nitrogen and oxygen atoms in total. The first-order valence-electron chi connectivity index (χ1n) is 6.56. The van der Waals surface area contributed by atoms with Gasteiger partial charge in [-0.25, -0.2) is 9.97 Å². The summed E-state index contributed by atoms with van der Waals surface area (Å²) in [5.74, 6) is 1.28. The second-order valence-corrected chi connectivity index (χ2v) is 4.80. The topological polar surface area (TPSA) is 88.2 Å². The number of aliphatic hydroxyl groups excluding tert-OH is 1. The number of carbonyl (C=O) groups excluding carboxylic acids is 1. The second-order valence-electron chi connectivity index (χ2n) is 4.80. The molecule has 1 fully saturated rings. The number of amides is 1.